The zero-order chi connectivity index (χ0) is 20.0. The molecule has 28 heavy (non-hydrogen) atoms. The zero-order valence-electron chi connectivity index (χ0n) is 16.0. The Morgan fingerprint density at radius 1 is 1.00 bits per heavy atom. The third-order valence-electron chi connectivity index (χ3n) is 5.39. The van der Waals surface area contributed by atoms with Gasteiger partial charge in [-0.2, -0.15) is 0 Å². The summed E-state index contributed by atoms with van der Waals surface area (Å²) in [7, 11) is 0. The molecular weight excluding hydrogens is 353 g/mol. The molecule has 1 heterocycles. The molecule has 4 rings (SSSR count). The van der Waals surface area contributed by atoms with E-state index >= 15 is 0 Å². The minimum absolute atomic E-state index is 0.108. The van der Waals surface area contributed by atoms with Gasteiger partial charge in [0.05, 0.1) is 11.9 Å². The van der Waals surface area contributed by atoms with Gasteiger partial charge in [-0.1, -0.05) is 42.0 Å². The summed E-state index contributed by atoms with van der Waals surface area (Å²) < 4.78 is 14.8. The lowest BCUT2D eigenvalue weighted by atomic mass is 9.85. The van der Waals surface area contributed by atoms with E-state index in [1.807, 2.05) is 51.1 Å². The van der Waals surface area contributed by atoms with Gasteiger partial charge >= 0.3 is 5.97 Å². The molecule has 0 atom stereocenters. The SMILES string of the molecule is Cc1ccc(-c2c(CC(=O)O)c(C)c3ncc4cccc(F)c4c3c2C)cc1. The summed E-state index contributed by atoms with van der Waals surface area (Å²) in [5.74, 6) is -1.20. The van der Waals surface area contributed by atoms with Crippen molar-refractivity contribution in [2.24, 2.45) is 0 Å². The summed E-state index contributed by atoms with van der Waals surface area (Å²) in [5.41, 5.74) is 5.92. The smallest absolute Gasteiger partial charge is 0.307 e. The average Bonchev–Trinajstić information content (AvgIpc) is 2.66. The van der Waals surface area contributed by atoms with Crippen LogP contribution < -0.4 is 0 Å². The van der Waals surface area contributed by atoms with E-state index in [-0.39, 0.29) is 12.2 Å². The maximum absolute atomic E-state index is 14.8. The first-order chi connectivity index (χ1) is 13.4. The third kappa shape index (κ3) is 2.82. The molecule has 0 spiro atoms. The molecule has 3 aromatic carbocycles. The number of carboxylic acids is 1. The van der Waals surface area contributed by atoms with Crippen LogP contribution in [0.1, 0.15) is 22.3 Å². The van der Waals surface area contributed by atoms with Crippen molar-refractivity contribution in [3.63, 3.8) is 0 Å². The molecule has 4 aromatic rings. The van der Waals surface area contributed by atoms with E-state index in [1.165, 1.54) is 6.07 Å². The lowest BCUT2D eigenvalue weighted by Gasteiger charge is -2.20. The quantitative estimate of drug-likeness (QED) is 0.466. The van der Waals surface area contributed by atoms with E-state index in [4.69, 9.17) is 0 Å². The summed E-state index contributed by atoms with van der Waals surface area (Å²) in [4.78, 5) is 16.2. The van der Waals surface area contributed by atoms with Crippen LogP contribution in [0.3, 0.4) is 0 Å². The van der Waals surface area contributed by atoms with Crippen LogP contribution in [-0.4, -0.2) is 16.1 Å². The molecule has 0 unspecified atom stereocenters. The second-order valence-electron chi connectivity index (χ2n) is 7.23. The minimum atomic E-state index is -0.901. The molecule has 0 aliphatic rings. The number of fused-ring (bicyclic) bond motifs is 3. The predicted octanol–water partition coefficient (Wildman–Crippen LogP) is 5.75. The van der Waals surface area contributed by atoms with Crippen LogP contribution in [0.2, 0.25) is 0 Å². The Kier molecular flexibility index (Phi) is 4.34. The van der Waals surface area contributed by atoms with Crippen molar-refractivity contribution in [3.8, 4) is 11.1 Å². The number of carboxylic acid groups (broad SMARTS) is 1. The maximum Gasteiger partial charge on any atom is 0.307 e. The monoisotopic (exact) mass is 373 g/mol. The molecule has 0 aliphatic carbocycles. The topological polar surface area (TPSA) is 50.2 Å². The summed E-state index contributed by atoms with van der Waals surface area (Å²) >= 11 is 0. The lowest BCUT2D eigenvalue weighted by molar-refractivity contribution is -0.136. The van der Waals surface area contributed by atoms with Gasteiger partial charge in [0, 0.05) is 22.4 Å². The van der Waals surface area contributed by atoms with Crippen molar-refractivity contribution in [1.82, 2.24) is 4.98 Å². The molecule has 0 amide bonds. The number of aryl methyl sites for hydroxylation is 3. The Morgan fingerprint density at radius 2 is 1.71 bits per heavy atom. The number of benzene rings is 3. The summed E-state index contributed by atoms with van der Waals surface area (Å²) in [6.45, 7) is 5.81. The molecule has 1 N–H and O–H groups in total. The maximum atomic E-state index is 14.8. The van der Waals surface area contributed by atoms with Gasteiger partial charge in [-0.3, -0.25) is 9.78 Å². The Labute approximate surface area is 162 Å². The van der Waals surface area contributed by atoms with Gasteiger partial charge < -0.3 is 5.11 Å². The molecule has 0 bridgehead atoms. The number of carbonyl (C=O) groups is 1. The second kappa shape index (κ2) is 6.71. The highest BCUT2D eigenvalue weighted by Crippen LogP contribution is 2.39. The highest BCUT2D eigenvalue weighted by Gasteiger charge is 2.21. The van der Waals surface area contributed by atoms with Crippen LogP contribution in [0.15, 0.2) is 48.7 Å². The number of nitrogens with zero attached hydrogens (tertiary/aromatic N) is 1. The zero-order valence-corrected chi connectivity index (χ0v) is 16.0. The highest BCUT2D eigenvalue weighted by atomic mass is 19.1. The predicted molar refractivity (Wildman–Crippen MR) is 110 cm³/mol. The van der Waals surface area contributed by atoms with Crippen LogP contribution in [-0.2, 0) is 11.2 Å². The number of rotatable bonds is 3. The Morgan fingerprint density at radius 3 is 2.39 bits per heavy atom. The normalized spacial score (nSPS) is 11.3. The number of aliphatic carboxylic acids is 1. The van der Waals surface area contributed by atoms with Gasteiger partial charge in [0.1, 0.15) is 5.82 Å². The first kappa shape index (κ1) is 18.1. The lowest BCUT2D eigenvalue weighted by Crippen LogP contribution is -2.07. The van der Waals surface area contributed by atoms with Crippen molar-refractivity contribution >= 4 is 27.6 Å². The fraction of sp³-hybridized carbons (Fsp3) is 0.167. The standard InChI is InChI=1S/C24H20FNO2/c1-13-7-9-16(10-8-13)21-15(3)22-23-17(5-4-6-19(23)25)12-26-24(22)14(2)18(21)11-20(27)28/h4-10,12H,11H2,1-3H3,(H,27,28). The van der Waals surface area contributed by atoms with E-state index in [0.29, 0.717) is 10.9 Å². The van der Waals surface area contributed by atoms with Crippen LogP contribution in [0.5, 0.6) is 0 Å². The summed E-state index contributed by atoms with van der Waals surface area (Å²) in [5, 5.41) is 11.5. The number of hydrogen-bond donors (Lipinski definition) is 1. The first-order valence-corrected chi connectivity index (χ1v) is 9.16. The third-order valence-corrected chi connectivity index (χ3v) is 5.39. The van der Waals surface area contributed by atoms with Crippen molar-refractivity contribution in [2.45, 2.75) is 27.2 Å². The van der Waals surface area contributed by atoms with Crippen LogP contribution in [0.25, 0.3) is 32.8 Å². The van der Waals surface area contributed by atoms with E-state index in [0.717, 1.165) is 44.2 Å². The molecule has 0 fully saturated rings. The fourth-order valence-electron chi connectivity index (χ4n) is 4.04. The van der Waals surface area contributed by atoms with Gasteiger partial charge in [0.25, 0.3) is 0 Å². The van der Waals surface area contributed by atoms with E-state index < -0.39 is 5.97 Å². The minimum Gasteiger partial charge on any atom is -0.481 e. The van der Waals surface area contributed by atoms with Gasteiger partial charge in [0.2, 0.25) is 0 Å². The average molecular weight is 373 g/mol. The molecule has 0 saturated carbocycles. The van der Waals surface area contributed by atoms with Gasteiger partial charge in [-0.15, -0.1) is 0 Å². The molecule has 0 saturated heterocycles. The van der Waals surface area contributed by atoms with Crippen molar-refractivity contribution in [1.29, 1.82) is 0 Å². The Bertz CT molecular complexity index is 1240. The highest BCUT2D eigenvalue weighted by molar-refractivity contribution is 6.11. The summed E-state index contributed by atoms with van der Waals surface area (Å²) in [6.07, 6.45) is 1.55. The Hall–Kier alpha value is -3.27. The molecule has 0 aliphatic heterocycles. The number of hydrogen-bond acceptors (Lipinski definition) is 2. The molecule has 1 aromatic heterocycles. The van der Waals surface area contributed by atoms with Gasteiger partial charge in [-0.25, -0.2) is 4.39 Å². The van der Waals surface area contributed by atoms with Crippen molar-refractivity contribution < 1.29 is 14.3 Å². The fourth-order valence-corrected chi connectivity index (χ4v) is 4.04. The van der Waals surface area contributed by atoms with E-state index in [9.17, 15) is 14.3 Å². The van der Waals surface area contributed by atoms with Gasteiger partial charge in [0.15, 0.2) is 0 Å². The number of aromatic nitrogens is 1. The van der Waals surface area contributed by atoms with Crippen molar-refractivity contribution in [3.05, 3.63) is 76.7 Å². The van der Waals surface area contributed by atoms with E-state index in [1.54, 1.807) is 12.3 Å². The molecule has 140 valence electrons. The molecular formula is C24H20FNO2. The summed E-state index contributed by atoms with van der Waals surface area (Å²) in [6, 6.07) is 12.9. The number of pyridine rings is 1. The largest absolute Gasteiger partial charge is 0.481 e. The van der Waals surface area contributed by atoms with E-state index in [2.05, 4.69) is 4.98 Å². The molecule has 4 heteroatoms. The van der Waals surface area contributed by atoms with Crippen LogP contribution in [0.4, 0.5) is 4.39 Å². The van der Waals surface area contributed by atoms with Crippen LogP contribution >= 0.6 is 0 Å². The van der Waals surface area contributed by atoms with Gasteiger partial charge in [-0.05, 0) is 54.7 Å². The number of halogens is 1. The molecule has 0 radical (unpaired) electrons. The van der Waals surface area contributed by atoms with Crippen molar-refractivity contribution in [2.75, 3.05) is 0 Å². The van der Waals surface area contributed by atoms with Crippen LogP contribution in [0, 0.1) is 26.6 Å². The Balaban J connectivity index is 2.21. The first-order valence-electron chi connectivity index (χ1n) is 9.16. The molecule has 3 nitrogen and oxygen atoms in total. The second-order valence-corrected chi connectivity index (χ2v) is 7.23.